The maximum atomic E-state index is 14.5. The van der Waals surface area contributed by atoms with Gasteiger partial charge in [0.25, 0.3) is 5.56 Å². The Balaban J connectivity index is 1.82. The van der Waals surface area contributed by atoms with Gasteiger partial charge in [-0.2, -0.15) is 0 Å². The molecule has 0 bridgehead atoms. The van der Waals surface area contributed by atoms with E-state index in [1.54, 1.807) is 12.1 Å². The molecule has 4 nitrogen and oxygen atoms in total. The molecule has 0 amide bonds. The number of pyridine rings is 1. The fourth-order valence-electron chi connectivity index (χ4n) is 2.81. The van der Waals surface area contributed by atoms with E-state index in [-0.39, 0.29) is 24.6 Å². The van der Waals surface area contributed by atoms with Gasteiger partial charge in [-0.3, -0.25) is 9.36 Å². The zero-order valence-electron chi connectivity index (χ0n) is 16.6. The molecule has 2 aromatic carbocycles. The third kappa shape index (κ3) is 5.30. The average Bonchev–Trinajstić information content (AvgIpc) is 2.65. The van der Waals surface area contributed by atoms with Crippen LogP contribution in [0.25, 0.3) is 10.9 Å². The third-order valence-electron chi connectivity index (χ3n) is 4.50. The molecule has 0 aliphatic rings. The Labute approximate surface area is 165 Å². The average molecular weight is 400 g/mol. The molecule has 0 saturated heterocycles. The predicted molar refractivity (Wildman–Crippen MR) is 113 cm³/mol. The lowest BCUT2D eigenvalue weighted by Gasteiger charge is -2.17. The number of hydrogen-bond acceptors (Lipinski definition) is 3. The van der Waals surface area contributed by atoms with Crippen LogP contribution in [0.2, 0.25) is 25.7 Å². The van der Waals surface area contributed by atoms with Crippen molar-refractivity contribution in [2.24, 2.45) is 0 Å². The molecule has 0 unspecified atom stereocenters. The van der Waals surface area contributed by atoms with E-state index in [1.165, 1.54) is 16.7 Å². The van der Waals surface area contributed by atoms with Crippen molar-refractivity contribution in [2.45, 2.75) is 39.0 Å². The van der Waals surface area contributed by atoms with E-state index in [4.69, 9.17) is 9.47 Å². The summed E-state index contributed by atoms with van der Waals surface area (Å²) in [5.74, 6) is -0.328. The van der Waals surface area contributed by atoms with E-state index < -0.39 is 13.9 Å². The van der Waals surface area contributed by atoms with E-state index >= 15 is 0 Å². The summed E-state index contributed by atoms with van der Waals surface area (Å²) in [6.45, 7) is 7.84. The van der Waals surface area contributed by atoms with Crippen molar-refractivity contribution in [3.63, 3.8) is 0 Å². The summed E-state index contributed by atoms with van der Waals surface area (Å²) in [6, 6.07) is 16.6. The molecule has 3 rings (SSSR count). The molecule has 0 atom stereocenters. The highest BCUT2D eigenvalue weighted by Crippen LogP contribution is 2.25. The molecule has 0 N–H and O–H groups in total. The van der Waals surface area contributed by atoms with Gasteiger partial charge in [0.1, 0.15) is 13.3 Å². The van der Waals surface area contributed by atoms with Crippen molar-refractivity contribution in [1.82, 2.24) is 4.57 Å². The number of aromatic nitrogens is 1. The molecule has 1 aromatic heterocycles. The summed E-state index contributed by atoms with van der Waals surface area (Å²) in [4.78, 5) is 12.4. The van der Waals surface area contributed by atoms with Gasteiger partial charge in [-0.1, -0.05) is 50.0 Å². The molecular formula is C22H26FNO3Si. The molecular weight excluding hydrogens is 373 g/mol. The summed E-state index contributed by atoms with van der Waals surface area (Å²) in [5, 5.41) is 0.637. The van der Waals surface area contributed by atoms with Crippen LogP contribution in [-0.2, 0) is 18.1 Å². The second-order valence-electron chi connectivity index (χ2n) is 8.06. The first-order valence-electron chi connectivity index (χ1n) is 9.41. The lowest BCUT2D eigenvalue weighted by molar-refractivity contribution is 0.0878. The maximum absolute atomic E-state index is 14.5. The Morgan fingerprint density at radius 1 is 1.04 bits per heavy atom. The van der Waals surface area contributed by atoms with Gasteiger partial charge in [0.15, 0.2) is 11.6 Å². The van der Waals surface area contributed by atoms with E-state index in [2.05, 4.69) is 19.6 Å². The third-order valence-corrected chi connectivity index (χ3v) is 6.20. The number of nitrogens with zero attached hydrogens (tertiary/aromatic N) is 1. The van der Waals surface area contributed by atoms with Crippen LogP contribution in [0.4, 0.5) is 4.39 Å². The Hall–Kier alpha value is -2.44. The maximum Gasteiger partial charge on any atom is 0.252 e. The molecule has 0 radical (unpaired) electrons. The molecule has 148 valence electrons. The Bertz CT molecular complexity index is 996. The lowest BCUT2D eigenvalue weighted by atomic mass is 10.2. The molecule has 0 spiro atoms. The molecule has 28 heavy (non-hydrogen) atoms. The summed E-state index contributed by atoms with van der Waals surface area (Å²) < 4.78 is 27.4. The van der Waals surface area contributed by atoms with Gasteiger partial charge in [-0.25, -0.2) is 4.39 Å². The topological polar surface area (TPSA) is 40.5 Å². The van der Waals surface area contributed by atoms with Gasteiger partial charge in [0.05, 0.1) is 5.52 Å². The van der Waals surface area contributed by atoms with E-state index in [1.807, 2.05) is 30.3 Å². The SMILES string of the molecule is C[Si](C)(C)CCOCn1c(=O)ccc2cc(F)c(OCc3ccccc3)cc21. The molecule has 0 saturated carbocycles. The minimum Gasteiger partial charge on any atom is -0.486 e. The highest BCUT2D eigenvalue weighted by atomic mass is 28.3. The van der Waals surface area contributed by atoms with Crippen LogP contribution in [0.3, 0.4) is 0 Å². The first-order valence-corrected chi connectivity index (χ1v) is 13.1. The van der Waals surface area contributed by atoms with Crippen molar-refractivity contribution >= 4 is 19.0 Å². The first-order chi connectivity index (χ1) is 13.3. The highest BCUT2D eigenvalue weighted by molar-refractivity contribution is 6.76. The van der Waals surface area contributed by atoms with E-state index in [9.17, 15) is 9.18 Å². The van der Waals surface area contributed by atoms with E-state index in [0.717, 1.165) is 11.6 Å². The van der Waals surface area contributed by atoms with Crippen LogP contribution in [-0.4, -0.2) is 19.2 Å². The summed E-state index contributed by atoms with van der Waals surface area (Å²) in [6.07, 6.45) is 0. The fourth-order valence-corrected chi connectivity index (χ4v) is 3.57. The van der Waals surface area contributed by atoms with Crippen LogP contribution in [0.1, 0.15) is 5.56 Å². The van der Waals surface area contributed by atoms with Crippen LogP contribution >= 0.6 is 0 Å². The van der Waals surface area contributed by atoms with Gasteiger partial charge in [-0.15, -0.1) is 0 Å². The van der Waals surface area contributed by atoms with Crippen molar-refractivity contribution < 1.29 is 13.9 Å². The van der Waals surface area contributed by atoms with Gasteiger partial charge < -0.3 is 9.47 Å². The van der Waals surface area contributed by atoms with Crippen LogP contribution in [0.15, 0.2) is 59.4 Å². The van der Waals surface area contributed by atoms with Crippen molar-refractivity contribution in [2.75, 3.05) is 6.61 Å². The zero-order chi connectivity index (χ0) is 20.1. The van der Waals surface area contributed by atoms with Crippen molar-refractivity contribution in [1.29, 1.82) is 0 Å². The second-order valence-corrected chi connectivity index (χ2v) is 13.7. The lowest BCUT2D eigenvalue weighted by Crippen LogP contribution is -2.24. The molecule has 0 fully saturated rings. The molecule has 6 heteroatoms. The Morgan fingerprint density at radius 2 is 1.79 bits per heavy atom. The first kappa shape index (κ1) is 20.3. The highest BCUT2D eigenvalue weighted by Gasteiger charge is 2.13. The number of hydrogen-bond donors (Lipinski definition) is 0. The fraction of sp³-hybridized carbons (Fsp3) is 0.318. The largest absolute Gasteiger partial charge is 0.486 e. The monoisotopic (exact) mass is 399 g/mol. The molecule has 0 aliphatic carbocycles. The smallest absolute Gasteiger partial charge is 0.252 e. The predicted octanol–water partition coefficient (Wildman–Crippen LogP) is 5.03. The van der Waals surface area contributed by atoms with Gasteiger partial charge in [0.2, 0.25) is 0 Å². The van der Waals surface area contributed by atoms with Crippen molar-refractivity contribution in [3.8, 4) is 5.75 Å². The van der Waals surface area contributed by atoms with E-state index in [0.29, 0.717) is 17.5 Å². The summed E-state index contributed by atoms with van der Waals surface area (Å²) in [5.41, 5.74) is 1.37. The van der Waals surface area contributed by atoms with Gasteiger partial charge >= 0.3 is 0 Å². The summed E-state index contributed by atoms with van der Waals surface area (Å²) >= 11 is 0. The molecule has 0 aliphatic heterocycles. The second kappa shape index (κ2) is 8.71. The number of ether oxygens (including phenoxy) is 2. The van der Waals surface area contributed by atoms with Gasteiger partial charge in [0, 0.05) is 32.2 Å². The number of fused-ring (bicyclic) bond motifs is 1. The minimum atomic E-state index is -1.20. The number of benzene rings is 2. The van der Waals surface area contributed by atoms with Crippen LogP contribution in [0.5, 0.6) is 5.75 Å². The normalized spacial score (nSPS) is 11.7. The Kier molecular flexibility index (Phi) is 6.31. The number of halogens is 1. The minimum absolute atomic E-state index is 0.123. The van der Waals surface area contributed by atoms with Crippen LogP contribution < -0.4 is 10.3 Å². The standard InChI is InChI=1S/C22H26FNO3Si/c1-28(2,3)12-11-26-16-24-20-14-21(27-15-17-7-5-4-6-8-17)19(23)13-18(20)9-10-22(24)25/h4-10,13-14H,11-12,15-16H2,1-3H3. The molecule has 3 aromatic rings. The summed E-state index contributed by atoms with van der Waals surface area (Å²) in [7, 11) is -1.20. The van der Waals surface area contributed by atoms with Crippen molar-refractivity contribution in [3.05, 3.63) is 76.3 Å². The Morgan fingerprint density at radius 3 is 2.50 bits per heavy atom. The quantitative estimate of drug-likeness (QED) is 0.394. The van der Waals surface area contributed by atoms with Crippen LogP contribution in [0, 0.1) is 5.82 Å². The van der Waals surface area contributed by atoms with Gasteiger partial charge in [-0.05, 0) is 23.7 Å². The number of rotatable bonds is 8. The molecule has 1 heterocycles. The zero-order valence-corrected chi connectivity index (χ0v) is 17.6.